The lowest BCUT2D eigenvalue weighted by atomic mass is 10.1. The van der Waals surface area contributed by atoms with Crippen LogP contribution in [-0.2, 0) is 11.2 Å². The van der Waals surface area contributed by atoms with Crippen molar-refractivity contribution in [3.05, 3.63) is 29.8 Å². The van der Waals surface area contributed by atoms with Gasteiger partial charge in [0.2, 0.25) is 5.91 Å². The predicted octanol–water partition coefficient (Wildman–Crippen LogP) is 0.801. The van der Waals surface area contributed by atoms with Crippen LogP contribution in [0.25, 0.3) is 0 Å². The Labute approximate surface area is 119 Å². The smallest absolute Gasteiger partial charge is 0.245 e. The van der Waals surface area contributed by atoms with Gasteiger partial charge in [0.05, 0.1) is 6.54 Å². The van der Waals surface area contributed by atoms with E-state index < -0.39 is 0 Å². The van der Waals surface area contributed by atoms with Crippen molar-refractivity contribution >= 4 is 11.6 Å². The second kappa shape index (κ2) is 5.56. The van der Waals surface area contributed by atoms with Gasteiger partial charge in [-0.2, -0.15) is 0 Å². The van der Waals surface area contributed by atoms with Crippen LogP contribution in [0.5, 0.6) is 0 Å². The van der Waals surface area contributed by atoms with Crippen LogP contribution in [-0.4, -0.2) is 54.5 Å². The van der Waals surface area contributed by atoms with Crippen molar-refractivity contribution in [2.24, 2.45) is 0 Å². The summed E-state index contributed by atoms with van der Waals surface area (Å²) in [5.74, 6) is 2.87. The summed E-state index contributed by atoms with van der Waals surface area (Å²) < 4.78 is 0. The number of piperazine rings is 1. The molecule has 1 N–H and O–H groups in total. The molecule has 20 heavy (non-hydrogen) atoms. The summed E-state index contributed by atoms with van der Waals surface area (Å²) in [6.45, 7) is 3.96. The van der Waals surface area contributed by atoms with E-state index in [-0.39, 0.29) is 11.9 Å². The van der Waals surface area contributed by atoms with Gasteiger partial charge in [0.15, 0.2) is 0 Å². The zero-order valence-corrected chi connectivity index (χ0v) is 11.5. The summed E-state index contributed by atoms with van der Waals surface area (Å²) in [5.41, 5.74) is 2.33. The number of rotatable bonds is 2. The van der Waals surface area contributed by atoms with Gasteiger partial charge < -0.3 is 10.2 Å². The molecule has 2 aliphatic heterocycles. The molecule has 2 heterocycles. The number of nitrogens with one attached hydrogen (secondary N) is 1. The van der Waals surface area contributed by atoms with Crippen molar-refractivity contribution in [1.82, 2.24) is 9.80 Å². The highest BCUT2D eigenvalue weighted by atomic mass is 16.2. The minimum atomic E-state index is -0.105. The van der Waals surface area contributed by atoms with E-state index in [9.17, 15) is 4.79 Å². The van der Waals surface area contributed by atoms with E-state index in [1.165, 1.54) is 5.56 Å². The summed E-state index contributed by atoms with van der Waals surface area (Å²) in [6, 6.07) is 8.03. The topological polar surface area (TPSA) is 35.6 Å². The number of terminal acetylenes is 1. The fourth-order valence-corrected chi connectivity index (χ4v) is 2.92. The van der Waals surface area contributed by atoms with E-state index in [4.69, 9.17) is 6.42 Å². The van der Waals surface area contributed by atoms with Gasteiger partial charge in [-0.05, 0) is 11.6 Å². The molecule has 0 aliphatic carbocycles. The minimum Gasteiger partial charge on any atom is -0.373 e. The van der Waals surface area contributed by atoms with Crippen molar-refractivity contribution < 1.29 is 4.79 Å². The van der Waals surface area contributed by atoms with Crippen molar-refractivity contribution in [3.63, 3.8) is 0 Å². The second-order valence-corrected chi connectivity index (χ2v) is 5.36. The average molecular weight is 269 g/mol. The van der Waals surface area contributed by atoms with Gasteiger partial charge in [0.25, 0.3) is 0 Å². The molecule has 3 rings (SSSR count). The van der Waals surface area contributed by atoms with Gasteiger partial charge in [0, 0.05) is 38.3 Å². The average Bonchev–Trinajstić information content (AvgIpc) is 2.91. The maximum Gasteiger partial charge on any atom is 0.245 e. The third kappa shape index (κ3) is 2.50. The van der Waals surface area contributed by atoms with E-state index in [1.54, 1.807) is 0 Å². The number of hydrogen-bond acceptors (Lipinski definition) is 3. The van der Waals surface area contributed by atoms with Crippen molar-refractivity contribution in [1.29, 1.82) is 0 Å². The second-order valence-electron chi connectivity index (χ2n) is 5.36. The number of carbonyl (C=O) groups excluding carboxylic acids is 1. The SMILES string of the molecule is C#CCN1CCN(C(=O)[C@@H]2Cc3ccccc3N2)CC1. The summed E-state index contributed by atoms with van der Waals surface area (Å²) in [7, 11) is 0. The Bertz CT molecular complexity index is 516. The molecule has 4 heteroatoms. The number of carbonyl (C=O) groups is 1. The summed E-state index contributed by atoms with van der Waals surface area (Å²) in [6.07, 6.45) is 6.11. The molecule has 1 aromatic carbocycles. The lowest BCUT2D eigenvalue weighted by molar-refractivity contribution is -0.133. The Kier molecular flexibility index (Phi) is 3.62. The largest absolute Gasteiger partial charge is 0.373 e. The number of hydrogen-bond donors (Lipinski definition) is 1. The molecule has 1 amide bonds. The van der Waals surface area contributed by atoms with Crippen LogP contribution in [0.4, 0.5) is 5.69 Å². The van der Waals surface area contributed by atoms with Gasteiger partial charge in [-0.3, -0.25) is 9.69 Å². The minimum absolute atomic E-state index is 0.105. The Morgan fingerprint density at radius 1 is 1.30 bits per heavy atom. The van der Waals surface area contributed by atoms with Crippen LogP contribution < -0.4 is 5.32 Å². The van der Waals surface area contributed by atoms with Crippen LogP contribution in [0.15, 0.2) is 24.3 Å². The number of anilines is 1. The lowest BCUT2D eigenvalue weighted by Crippen LogP contribution is -2.52. The first-order valence-electron chi connectivity index (χ1n) is 7.07. The Morgan fingerprint density at radius 2 is 2.05 bits per heavy atom. The molecule has 0 aromatic heterocycles. The Hall–Kier alpha value is -1.99. The van der Waals surface area contributed by atoms with E-state index in [2.05, 4.69) is 22.2 Å². The molecule has 0 unspecified atom stereocenters. The Balaban J connectivity index is 1.58. The van der Waals surface area contributed by atoms with Crippen LogP contribution in [0.1, 0.15) is 5.56 Å². The molecular weight excluding hydrogens is 250 g/mol. The molecule has 1 fully saturated rings. The number of amides is 1. The molecular formula is C16H19N3O. The maximum absolute atomic E-state index is 12.5. The maximum atomic E-state index is 12.5. The quantitative estimate of drug-likeness (QED) is 0.807. The van der Waals surface area contributed by atoms with E-state index >= 15 is 0 Å². The van der Waals surface area contributed by atoms with Crippen LogP contribution in [0.2, 0.25) is 0 Å². The molecule has 2 aliphatic rings. The molecule has 1 aromatic rings. The van der Waals surface area contributed by atoms with Gasteiger partial charge in [0.1, 0.15) is 6.04 Å². The van der Waals surface area contributed by atoms with E-state index in [0.717, 1.165) is 38.3 Å². The van der Waals surface area contributed by atoms with Gasteiger partial charge in [-0.15, -0.1) is 6.42 Å². The highest BCUT2D eigenvalue weighted by Gasteiger charge is 2.31. The van der Waals surface area contributed by atoms with Crippen LogP contribution >= 0.6 is 0 Å². The zero-order chi connectivity index (χ0) is 13.9. The standard InChI is InChI=1S/C16H19N3O/c1-2-7-18-8-10-19(11-9-18)16(20)15-12-13-5-3-4-6-14(13)17-15/h1,3-6,15,17H,7-12H2/t15-/m0/s1. The van der Waals surface area contributed by atoms with Crippen molar-refractivity contribution in [2.45, 2.75) is 12.5 Å². The first kappa shape index (κ1) is 13.0. The first-order valence-corrected chi connectivity index (χ1v) is 7.07. The molecule has 0 saturated carbocycles. The number of benzene rings is 1. The third-order valence-corrected chi connectivity index (χ3v) is 4.07. The van der Waals surface area contributed by atoms with Gasteiger partial charge in [-0.25, -0.2) is 0 Å². The monoisotopic (exact) mass is 269 g/mol. The number of para-hydroxylation sites is 1. The van der Waals surface area contributed by atoms with E-state index in [0.29, 0.717) is 6.54 Å². The number of nitrogens with zero attached hydrogens (tertiary/aromatic N) is 2. The van der Waals surface area contributed by atoms with Crippen molar-refractivity contribution in [2.75, 3.05) is 38.0 Å². The van der Waals surface area contributed by atoms with Crippen LogP contribution in [0.3, 0.4) is 0 Å². The third-order valence-electron chi connectivity index (χ3n) is 4.07. The molecule has 0 bridgehead atoms. The highest BCUT2D eigenvalue weighted by Crippen LogP contribution is 2.26. The van der Waals surface area contributed by atoms with Gasteiger partial charge >= 0.3 is 0 Å². The van der Waals surface area contributed by atoms with Crippen LogP contribution in [0, 0.1) is 12.3 Å². The zero-order valence-electron chi connectivity index (χ0n) is 11.5. The summed E-state index contributed by atoms with van der Waals surface area (Å²) in [4.78, 5) is 16.7. The normalized spacial score (nSPS) is 21.9. The number of fused-ring (bicyclic) bond motifs is 1. The molecule has 0 radical (unpaired) electrons. The fourth-order valence-electron chi connectivity index (χ4n) is 2.92. The van der Waals surface area contributed by atoms with Gasteiger partial charge in [-0.1, -0.05) is 24.1 Å². The predicted molar refractivity (Wildman–Crippen MR) is 79.4 cm³/mol. The van der Waals surface area contributed by atoms with E-state index in [1.807, 2.05) is 23.1 Å². The molecule has 1 saturated heterocycles. The molecule has 104 valence electrons. The lowest BCUT2D eigenvalue weighted by Gasteiger charge is -2.35. The Morgan fingerprint density at radius 3 is 2.75 bits per heavy atom. The molecule has 1 atom stereocenters. The molecule has 4 nitrogen and oxygen atoms in total. The van der Waals surface area contributed by atoms with Crippen molar-refractivity contribution in [3.8, 4) is 12.3 Å². The first-order chi connectivity index (χ1) is 9.78. The summed E-state index contributed by atoms with van der Waals surface area (Å²) in [5, 5.41) is 3.33. The fraction of sp³-hybridized carbons (Fsp3) is 0.438. The summed E-state index contributed by atoms with van der Waals surface area (Å²) >= 11 is 0. The molecule has 0 spiro atoms. The highest BCUT2D eigenvalue weighted by molar-refractivity contribution is 5.87.